The van der Waals surface area contributed by atoms with E-state index in [9.17, 15) is 4.79 Å². The number of allylic oxidation sites excluding steroid dienone is 1. The highest BCUT2D eigenvalue weighted by atomic mass is 16.4. The molecular weight excluding hydrogens is 276 g/mol. The maximum atomic E-state index is 10.4. The molecule has 3 heteroatoms. The quantitative estimate of drug-likeness (QED) is 0.499. The van der Waals surface area contributed by atoms with Crippen LogP contribution in [0, 0.1) is 6.92 Å². The van der Waals surface area contributed by atoms with E-state index in [0.717, 1.165) is 56.5 Å². The Kier molecular flexibility index (Phi) is 9.36. The second kappa shape index (κ2) is 11.1. The fourth-order valence-electron chi connectivity index (χ4n) is 2.51. The van der Waals surface area contributed by atoms with Crippen LogP contribution in [-0.4, -0.2) is 11.1 Å². The second-order valence-corrected chi connectivity index (χ2v) is 5.96. The molecule has 0 fully saturated rings. The van der Waals surface area contributed by atoms with E-state index in [1.54, 1.807) is 0 Å². The van der Waals surface area contributed by atoms with Gasteiger partial charge < -0.3 is 9.52 Å². The van der Waals surface area contributed by atoms with Crippen LogP contribution in [0.15, 0.2) is 16.6 Å². The zero-order chi connectivity index (χ0) is 16.2. The van der Waals surface area contributed by atoms with Crippen LogP contribution in [0.25, 0.3) is 6.08 Å². The number of carboxylic acid groups (broad SMARTS) is 1. The van der Waals surface area contributed by atoms with E-state index in [2.05, 4.69) is 32.1 Å². The second-order valence-electron chi connectivity index (χ2n) is 5.96. The summed E-state index contributed by atoms with van der Waals surface area (Å²) < 4.78 is 5.88. The Morgan fingerprint density at radius 3 is 2.55 bits per heavy atom. The largest absolute Gasteiger partial charge is 0.481 e. The SMILES string of the molecule is CCC/C=C/c1cc(C)c(CCCCCCCCC(=O)O)o1. The average Bonchev–Trinajstić information content (AvgIpc) is 2.82. The van der Waals surface area contributed by atoms with E-state index in [1.807, 2.05) is 0 Å². The molecule has 0 bridgehead atoms. The molecule has 3 nitrogen and oxygen atoms in total. The number of aryl methyl sites for hydroxylation is 2. The number of carboxylic acids is 1. The highest BCUT2D eigenvalue weighted by molar-refractivity contribution is 5.66. The molecule has 0 amide bonds. The van der Waals surface area contributed by atoms with E-state index in [1.165, 1.54) is 18.4 Å². The number of hydrogen-bond donors (Lipinski definition) is 1. The Hall–Kier alpha value is -1.51. The summed E-state index contributed by atoms with van der Waals surface area (Å²) in [7, 11) is 0. The lowest BCUT2D eigenvalue weighted by molar-refractivity contribution is -0.137. The summed E-state index contributed by atoms with van der Waals surface area (Å²) in [4.78, 5) is 10.4. The number of unbranched alkanes of at least 4 members (excludes halogenated alkanes) is 6. The smallest absolute Gasteiger partial charge is 0.303 e. The minimum Gasteiger partial charge on any atom is -0.481 e. The highest BCUT2D eigenvalue weighted by Gasteiger charge is 2.05. The van der Waals surface area contributed by atoms with Crippen LogP contribution in [0.2, 0.25) is 0 Å². The molecule has 0 saturated heterocycles. The van der Waals surface area contributed by atoms with Crippen LogP contribution < -0.4 is 0 Å². The molecule has 0 aliphatic heterocycles. The summed E-state index contributed by atoms with van der Waals surface area (Å²) in [5, 5.41) is 8.56. The van der Waals surface area contributed by atoms with E-state index in [4.69, 9.17) is 9.52 Å². The van der Waals surface area contributed by atoms with Gasteiger partial charge in [-0.25, -0.2) is 0 Å². The fraction of sp³-hybridized carbons (Fsp3) is 0.632. The Bertz CT molecular complexity index is 457. The molecule has 0 atom stereocenters. The third kappa shape index (κ3) is 8.06. The van der Waals surface area contributed by atoms with Crippen molar-refractivity contribution in [2.75, 3.05) is 0 Å². The first-order chi connectivity index (χ1) is 10.6. The predicted octanol–water partition coefficient (Wildman–Crippen LogP) is 5.76. The van der Waals surface area contributed by atoms with E-state index in [-0.39, 0.29) is 0 Å². The number of hydrogen-bond acceptors (Lipinski definition) is 2. The van der Waals surface area contributed by atoms with Gasteiger partial charge in [-0.05, 0) is 43.9 Å². The van der Waals surface area contributed by atoms with Gasteiger partial charge in [-0.2, -0.15) is 0 Å². The molecule has 1 heterocycles. The van der Waals surface area contributed by atoms with Gasteiger partial charge in [0, 0.05) is 12.8 Å². The van der Waals surface area contributed by atoms with Crippen molar-refractivity contribution in [2.45, 2.75) is 78.1 Å². The molecule has 1 rings (SSSR count). The maximum absolute atomic E-state index is 10.4. The normalized spacial score (nSPS) is 11.4. The third-order valence-electron chi connectivity index (χ3n) is 3.82. The molecule has 124 valence electrons. The molecule has 0 aromatic carbocycles. The molecule has 0 saturated carbocycles. The predicted molar refractivity (Wildman–Crippen MR) is 91.0 cm³/mol. The summed E-state index contributed by atoms with van der Waals surface area (Å²) in [6, 6.07) is 2.12. The van der Waals surface area contributed by atoms with Gasteiger partial charge >= 0.3 is 5.97 Å². The van der Waals surface area contributed by atoms with Gasteiger partial charge in [-0.15, -0.1) is 0 Å². The van der Waals surface area contributed by atoms with Crippen LogP contribution >= 0.6 is 0 Å². The zero-order valence-corrected chi connectivity index (χ0v) is 14.1. The Morgan fingerprint density at radius 1 is 1.18 bits per heavy atom. The lowest BCUT2D eigenvalue weighted by Crippen LogP contribution is -1.93. The Morgan fingerprint density at radius 2 is 1.86 bits per heavy atom. The van der Waals surface area contributed by atoms with Crippen molar-refractivity contribution < 1.29 is 14.3 Å². The van der Waals surface area contributed by atoms with Gasteiger partial charge in [-0.1, -0.05) is 45.1 Å². The first kappa shape index (κ1) is 18.5. The molecule has 1 aromatic heterocycles. The average molecular weight is 306 g/mol. The number of carbonyl (C=O) groups is 1. The lowest BCUT2D eigenvalue weighted by Gasteiger charge is -2.01. The summed E-state index contributed by atoms with van der Waals surface area (Å²) in [5.41, 5.74) is 1.25. The molecule has 0 aliphatic rings. The highest BCUT2D eigenvalue weighted by Crippen LogP contribution is 2.19. The van der Waals surface area contributed by atoms with Crippen LogP contribution in [0.5, 0.6) is 0 Å². The van der Waals surface area contributed by atoms with Crippen molar-refractivity contribution >= 4 is 12.0 Å². The van der Waals surface area contributed by atoms with Gasteiger partial charge in [0.15, 0.2) is 0 Å². The summed E-state index contributed by atoms with van der Waals surface area (Å²) in [6.45, 7) is 4.28. The molecule has 1 aromatic rings. The zero-order valence-electron chi connectivity index (χ0n) is 14.1. The van der Waals surface area contributed by atoms with Crippen molar-refractivity contribution in [1.82, 2.24) is 0 Å². The molecule has 0 unspecified atom stereocenters. The lowest BCUT2D eigenvalue weighted by atomic mass is 10.1. The molecule has 0 aliphatic carbocycles. The van der Waals surface area contributed by atoms with Crippen LogP contribution in [0.1, 0.15) is 81.8 Å². The minimum absolute atomic E-state index is 0.305. The van der Waals surface area contributed by atoms with Crippen molar-refractivity contribution in [3.63, 3.8) is 0 Å². The first-order valence-electron chi connectivity index (χ1n) is 8.61. The van der Waals surface area contributed by atoms with Gasteiger partial charge in [0.25, 0.3) is 0 Å². The third-order valence-corrected chi connectivity index (χ3v) is 3.82. The van der Waals surface area contributed by atoms with Crippen molar-refractivity contribution in [1.29, 1.82) is 0 Å². The number of rotatable bonds is 12. The van der Waals surface area contributed by atoms with E-state index >= 15 is 0 Å². The van der Waals surface area contributed by atoms with Gasteiger partial charge in [0.2, 0.25) is 0 Å². The summed E-state index contributed by atoms with van der Waals surface area (Å²) in [5.74, 6) is 1.40. The van der Waals surface area contributed by atoms with Gasteiger partial charge in [0.1, 0.15) is 11.5 Å². The molecule has 0 radical (unpaired) electrons. The topological polar surface area (TPSA) is 50.4 Å². The summed E-state index contributed by atoms with van der Waals surface area (Å²) >= 11 is 0. The van der Waals surface area contributed by atoms with Crippen molar-refractivity contribution in [3.05, 3.63) is 29.2 Å². The Balaban J connectivity index is 2.15. The van der Waals surface area contributed by atoms with E-state index in [0.29, 0.717) is 6.42 Å². The molecule has 1 N–H and O–H groups in total. The monoisotopic (exact) mass is 306 g/mol. The number of aliphatic carboxylic acids is 1. The Labute approximate surface area is 134 Å². The standard InChI is InChI=1S/C19H30O3/c1-3-4-9-12-17-15-16(2)18(22-17)13-10-7-5-6-8-11-14-19(20)21/h9,12,15H,3-8,10-11,13-14H2,1-2H3,(H,20,21)/b12-9+. The van der Waals surface area contributed by atoms with Crippen molar-refractivity contribution in [2.24, 2.45) is 0 Å². The fourth-order valence-corrected chi connectivity index (χ4v) is 2.51. The summed E-state index contributed by atoms with van der Waals surface area (Å²) in [6.07, 6.45) is 14.3. The minimum atomic E-state index is -0.683. The van der Waals surface area contributed by atoms with Crippen LogP contribution in [-0.2, 0) is 11.2 Å². The molecule has 0 spiro atoms. The van der Waals surface area contributed by atoms with E-state index < -0.39 is 5.97 Å². The number of furan rings is 1. The van der Waals surface area contributed by atoms with Gasteiger partial charge in [-0.3, -0.25) is 4.79 Å². The molecular formula is C19H30O3. The first-order valence-corrected chi connectivity index (χ1v) is 8.61. The maximum Gasteiger partial charge on any atom is 0.303 e. The van der Waals surface area contributed by atoms with Crippen molar-refractivity contribution in [3.8, 4) is 0 Å². The van der Waals surface area contributed by atoms with Crippen LogP contribution in [0.3, 0.4) is 0 Å². The molecule has 22 heavy (non-hydrogen) atoms. The van der Waals surface area contributed by atoms with Crippen LogP contribution in [0.4, 0.5) is 0 Å². The van der Waals surface area contributed by atoms with Gasteiger partial charge in [0.05, 0.1) is 0 Å².